The summed E-state index contributed by atoms with van der Waals surface area (Å²) in [5, 5.41) is 0. The van der Waals surface area contributed by atoms with Gasteiger partial charge in [-0.25, -0.2) is 0 Å². The van der Waals surface area contributed by atoms with Crippen LogP contribution in [0, 0.1) is 5.92 Å². The predicted molar refractivity (Wildman–Crippen MR) is 48.2 cm³/mol. The molecule has 0 amide bonds. The van der Waals surface area contributed by atoms with E-state index in [1.54, 1.807) is 0 Å². The van der Waals surface area contributed by atoms with E-state index in [-0.39, 0.29) is 0 Å². The molecule has 0 saturated heterocycles. The van der Waals surface area contributed by atoms with E-state index in [1.807, 2.05) is 0 Å². The standard InChI is InChI=1S/C11H12/c1-2-9-7-10-5-3-4-6-11(10)8-9/h3-8,10H,2H2,1H3. The quantitative estimate of drug-likeness (QED) is 0.530. The normalized spacial score (nSPS) is 26.5. The van der Waals surface area contributed by atoms with Crippen molar-refractivity contribution in [3.05, 3.63) is 47.6 Å². The Morgan fingerprint density at radius 2 is 2.27 bits per heavy atom. The Kier molecular flexibility index (Phi) is 1.54. The zero-order valence-corrected chi connectivity index (χ0v) is 6.75. The highest BCUT2D eigenvalue weighted by molar-refractivity contribution is 5.47. The molecule has 1 unspecified atom stereocenters. The Morgan fingerprint density at radius 1 is 1.36 bits per heavy atom. The molecule has 0 nitrogen and oxygen atoms in total. The van der Waals surface area contributed by atoms with Gasteiger partial charge in [-0.05, 0) is 12.0 Å². The number of rotatable bonds is 1. The van der Waals surface area contributed by atoms with E-state index in [2.05, 4.69) is 43.4 Å². The van der Waals surface area contributed by atoms with Crippen LogP contribution in [0.1, 0.15) is 13.3 Å². The fraction of sp³-hybridized carbons (Fsp3) is 0.273. The first-order valence-electron chi connectivity index (χ1n) is 4.17. The molecule has 0 radical (unpaired) electrons. The van der Waals surface area contributed by atoms with Crippen LogP contribution in [0.5, 0.6) is 0 Å². The minimum Gasteiger partial charge on any atom is -0.0732 e. The number of hydrogen-bond donors (Lipinski definition) is 0. The van der Waals surface area contributed by atoms with Crippen LogP contribution in [0.15, 0.2) is 47.6 Å². The van der Waals surface area contributed by atoms with Gasteiger partial charge in [0, 0.05) is 5.92 Å². The molecule has 1 atom stereocenters. The number of fused-ring (bicyclic) bond motifs is 1. The Labute approximate surface area is 67.6 Å². The molecule has 11 heavy (non-hydrogen) atoms. The summed E-state index contributed by atoms with van der Waals surface area (Å²) in [6.07, 6.45) is 14.5. The van der Waals surface area contributed by atoms with Gasteiger partial charge in [-0.15, -0.1) is 0 Å². The van der Waals surface area contributed by atoms with Crippen molar-refractivity contribution < 1.29 is 0 Å². The van der Waals surface area contributed by atoms with E-state index in [4.69, 9.17) is 0 Å². The van der Waals surface area contributed by atoms with Gasteiger partial charge in [-0.1, -0.05) is 49.0 Å². The van der Waals surface area contributed by atoms with E-state index in [1.165, 1.54) is 11.1 Å². The molecule has 0 heterocycles. The predicted octanol–water partition coefficient (Wildman–Crippen LogP) is 3.01. The van der Waals surface area contributed by atoms with E-state index in [0.717, 1.165) is 6.42 Å². The van der Waals surface area contributed by atoms with Gasteiger partial charge in [0.25, 0.3) is 0 Å². The maximum absolute atomic E-state index is 2.34. The Bertz CT molecular complexity index is 274. The molecule has 0 aliphatic heterocycles. The van der Waals surface area contributed by atoms with Crippen molar-refractivity contribution in [2.45, 2.75) is 13.3 Å². The second-order valence-electron chi connectivity index (χ2n) is 3.01. The first kappa shape index (κ1) is 6.66. The minimum absolute atomic E-state index is 0.579. The van der Waals surface area contributed by atoms with Gasteiger partial charge in [0.1, 0.15) is 0 Å². The summed E-state index contributed by atoms with van der Waals surface area (Å²) in [7, 11) is 0. The summed E-state index contributed by atoms with van der Waals surface area (Å²) in [6.45, 7) is 2.20. The van der Waals surface area contributed by atoms with Crippen LogP contribution >= 0.6 is 0 Å². The summed E-state index contributed by atoms with van der Waals surface area (Å²) in [6, 6.07) is 0. The highest BCUT2D eigenvalue weighted by Crippen LogP contribution is 2.29. The molecule has 0 N–H and O–H groups in total. The van der Waals surface area contributed by atoms with E-state index in [0.29, 0.717) is 5.92 Å². The first-order valence-corrected chi connectivity index (χ1v) is 4.17. The van der Waals surface area contributed by atoms with Crippen LogP contribution in [0.4, 0.5) is 0 Å². The molecule has 2 aliphatic carbocycles. The Hall–Kier alpha value is -1.04. The van der Waals surface area contributed by atoms with Gasteiger partial charge in [0.2, 0.25) is 0 Å². The summed E-state index contributed by atoms with van der Waals surface area (Å²) >= 11 is 0. The summed E-state index contributed by atoms with van der Waals surface area (Å²) in [5.74, 6) is 0.579. The van der Waals surface area contributed by atoms with Gasteiger partial charge >= 0.3 is 0 Å². The second-order valence-corrected chi connectivity index (χ2v) is 3.01. The van der Waals surface area contributed by atoms with Crippen molar-refractivity contribution in [3.8, 4) is 0 Å². The van der Waals surface area contributed by atoms with Crippen LogP contribution in [0.2, 0.25) is 0 Å². The van der Waals surface area contributed by atoms with Gasteiger partial charge in [0.15, 0.2) is 0 Å². The summed E-state index contributed by atoms with van der Waals surface area (Å²) in [5.41, 5.74) is 2.92. The Balaban J connectivity index is 2.31. The molecule has 2 rings (SSSR count). The van der Waals surface area contributed by atoms with Crippen LogP contribution < -0.4 is 0 Å². The zero-order valence-electron chi connectivity index (χ0n) is 6.75. The lowest BCUT2D eigenvalue weighted by Crippen LogP contribution is -1.92. The molecule has 0 fully saturated rings. The fourth-order valence-electron chi connectivity index (χ4n) is 1.58. The van der Waals surface area contributed by atoms with E-state index >= 15 is 0 Å². The maximum Gasteiger partial charge on any atom is 0.0207 e. The number of hydrogen-bond acceptors (Lipinski definition) is 0. The number of allylic oxidation sites excluding steroid dienone is 8. The van der Waals surface area contributed by atoms with Crippen LogP contribution in [-0.4, -0.2) is 0 Å². The van der Waals surface area contributed by atoms with E-state index < -0.39 is 0 Å². The zero-order chi connectivity index (χ0) is 7.68. The van der Waals surface area contributed by atoms with Crippen molar-refractivity contribution in [2.75, 3.05) is 0 Å². The topological polar surface area (TPSA) is 0 Å². The summed E-state index contributed by atoms with van der Waals surface area (Å²) < 4.78 is 0. The molecule has 2 aliphatic rings. The monoisotopic (exact) mass is 144 g/mol. The molecule has 0 aromatic carbocycles. The lowest BCUT2D eigenvalue weighted by atomic mass is 9.98. The first-order chi connectivity index (χ1) is 5.40. The molecular weight excluding hydrogens is 132 g/mol. The van der Waals surface area contributed by atoms with Crippen molar-refractivity contribution in [2.24, 2.45) is 5.92 Å². The van der Waals surface area contributed by atoms with Crippen molar-refractivity contribution in [1.29, 1.82) is 0 Å². The van der Waals surface area contributed by atoms with Gasteiger partial charge in [0.05, 0.1) is 0 Å². The third-order valence-electron chi connectivity index (χ3n) is 2.26. The van der Waals surface area contributed by atoms with Gasteiger partial charge in [-0.2, -0.15) is 0 Å². The maximum atomic E-state index is 2.34. The van der Waals surface area contributed by atoms with Crippen LogP contribution in [-0.2, 0) is 0 Å². The second kappa shape index (κ2) is 2.54. The highest BCUT2D eigenvalue weighted by Gasteiger charge is 2.14. The lowest BCUT2D eigenvalue weighted by molar-refractivity contribution is 1.01. The Morgan fingerprint density at radius 3 is 3.00 bits per heavy atom. The van der Waals surface area contributed by atoms with Crippen molar-refractivity contribution in [3.63, 3.8) is 0 Å². The smallest absolute Gasteiger partial charge is 0.0207 e. The third kappa shape index (κ3) is 1.09. The molecule has 0 saturated carbocycles. The molecular formula is C11H12. The highest BCUT2D eigenvalue weighted by atomic mass is 14.2. The molecule has 0 spiro atoms. The largest absolute Gasteiger partial charge is 0.0732 e. The molecule has 0 heteroatoms. The molecule has 56 valence electrons. The SMILES string of the molecule is CCC1=CC2C=CC=CC2=C1. The lowest BCUT2D eigenvalue weighted by Gasteiger charge is -2.06. The average molecular weight is 144 g/mol. The molecule has 0 aromatic heterocycles. The minimum atomic E-state index is 0.579. The average Bonchev–Trinajstić information content (AvgIpc) is 2.46. The van der Waals surface area contributed by atoms with E-state index in [9.17, 15) is 0 Å². The summed E-state index contributed by atoms with van der Waals surface area (Å²) in [4.78, 5) is 0. The third-order valence-corrected chi connectivity index (χ3v) is 2.26. The van der Waals surface area contributed by atoms with Crippen LogP contribution in [0.3, 0.4) is 0 Å². The van der Waals surface area contributed by atoms with Gasteiger partial charge in [-0.3, -0.25) is 0 Å². The fourth-order valence-corrected chi connectivity index (χ4v) is 1.58. The van der Waals surface area contributed by atoms with Crippen molar-refractivity contribution in [1.82, 2.24) is 0 Å². The molecule has 0 bridgehead atoms. The van der Waals surface area contributed by atoms with Crippen molar-refractivity contribution >= 4 is 0 Å². The van der Waals surface area contributed by atoms with Crippen LogP contribution in [0.25, 0.3) is 0 Å². The van der Waals surface area contributed by atoms with Gasteiger partial charge < -0.3 is 0 Å². The molecule has 0 aromatic rings.